The van der Waals surface area contributed by atoms with E-state index in [1.165, 1.54) is 57.8 Å². The summed E-state index contributed by atoms with van der Waals surface area (Å²) in [6.07, 6.45) is 18.0. The molecule has 0 spiro atoms. The van der Waals surface area contributed by atoms with E-state index in [0.29, 0.717) is 5.92 Å². The molecular weight excluding hydrogens is 351 g/mol. The summed E-state index contributed by atoms with van der Waals surface area (Å²) in [5.74, 6) is 3.32. The Morgan fingerprint density at radius 3 is 2.04 bits per heavy atom. The summed E-state index contributed by atoms with van der Waals surface area (Å²) in [7, 11) is 0. The Hall–Kier alpha value is -1.19. The minimum atomic E-state index is -0.160. The van der Waals surface area contributed by atoms with Crippen molar-refractivity contribution in [1.29, 1.82) is 0 Å². The molecule has 154 valence electrons. The van der Waals surface area contributed by atoms with Crippen molar-refractivity contribution in [3.05, 3.63) is 41.7 Å². The monoisotopic (exact) mass is 386 g/mol. The first kappa shape index (κ1) is 20.1. The fourth-order valence-electron chi connectivity index (χ4n) is 5.52. The van der Waals surface area contributed by atoms with Crippen LogP contribution in [-0.2, 0) is 9.47 Å². The minimum Gasteiger partial charge on any atom is -0.350 e. The van der Waals surface area contributed by atoms with Crippen molar-refractivity contribution < 1.29 is 13.9 Å². The largest absolute Gasteiger partial charge is 0.350 e. The lowest BCUT2D eigenvalue weighted by atomic mass is 9.68. The van der Waals surface area contributed by atoms with Gasteiger partial charge in [0.25, 0.3) is 0 Å². The van der Waals surface area contributed by atoms with Gasteiger partial charge in [0.1, 0.15) is 5.82 Å². The number of benzene rings is 1. The summed E-state index contributed by atoms with van der Waals surface area (Å²) in [6, 6.07) is 6.81. The molecule has 4 rings (SSSR count). The first-order valence-electron chi connectivity index (χ1n) is 11.4. The lowest BCUT2D eigenvalue weighted by Gasteiger charge is -2.37. The van der Waals surface area contributed by atoms with Crippen molar-refractivity contribution in [3.63, 3.8) is 0 Å². The lowest BCUT2D eigenvalue weighted by molar-refractivity contribution is -0.0514. The van der Waals surface area contributed by atoms with Crippen LogP contribution in [0, 0.1) is 29.5 Å². The molecule has 1 aromatic rings. The number of ether oxygens (including phenoxy) is 2. The average molecular weight is 387 g/mol. The Labute approximate surface area is 169 Å². The first-order valence-corrected chi connectivity index (χ1v) is 11.4. The maximum atomic E-state index is 13.0. The van der Waals surface area contributed by atoms with Crippen LogP contribution < -0.4 is 0 Å². The van der Waals surface area contributed by atoms with Gasteiger partial charge in [0.05, 0.1) is 13.2 Å². The third-order valence-electron chi connectivity index (χ3n) is 7.31. The Bertz CT molecular complexity index is 604. The highest BCUT2D eigenvalue weighted by atomic mass is 19.1. The molecule has 1 aliphatic heterocycles. The number of hydrogen-bond donors (Lipinski definition) is 0. The van der Waals surface area contributed by atoms with Crippen LogP contribution in [0.4, 0.5) is 4.39 Å². The molecule has 1 aromatic carbocycles. The smallest absolute Gasteiger partial charge is 0.157 e. The lowest BCUT2D eigenvalue weighted by Crippen LogP contribution is -2.26. The second-order valence-electron chi connectivity index (χ2n) is 9.11. The molecule has 0 atom stereocenters. The maximum Gasteiger partial charge on any atom is 0.157 e. The van der Waals surface area contributed by atoms with Gasteiger partial charge in [-0.15, -0.1) is 0 Å². The van der Waals surface area contributed by atoms with Gasteiger partial charge in [-0.25, -0.2) is 4.39 Å². The molecule has 0 radical (unpaired) electrons. The Kier molecular flexibility index (Phi) is 7.20. The van der Waals surface area contributed by atoms with Crippen LogP contribution in [-0.4, -0.2) is 19.5 Å². The fraction of sp³-hybridized carbons (Fsp3) is 0.680. The second-order valence-corrected chi connectivity index (χ2v) is 9.11. The van der Waals surface area contributed by atoms with Crippen LogP contribution in [0.2, 0.25) is 0 Å². The average Bonchev–Trinajstić information content (AvgIpc) is 3.26. The van der Waals surface area contributed by atoms with E-state index < -0.39 is 0 Å². The highest BCUT2D eigenvalue weighted by molar-refractivity contribution is 5.49. The van der Waals surface area contributed by atoms with Gasteiger partial charge in [0, 0.05) is 0 Å². The zero-order valence-corrected chi connectivity index (χ0v) is 17.0. The third kappa shape index (κ3) is 5.67. The molecule has 0 amide bonds. The molecule has 0 aromatic heterocycles. The number of halogens is 1. The minimum absolute atomic E-state index is 0.0796. The van der Waals surface area contributed by atoms with E-state index >= 15 is 0 Å². The molecule has 2 aliphatic carbocycles. The van der Waals surface area contributed by atoms with Crippen molar-refractivity contribution in [2.45, 2.75) is 70.5 Å². The third-order valence-corrected chi connectivity index (χ3v) is 7.31. The van der Waals surface area contributed by atoms with Gasteiger partial charge in [-0.3, -0.25) is 0 Å². The molecule has 2 saturated carbocycles. The summed E-state index contributed by atoms with van der Waals surface area (Å²) in [5, 5.41) is 0. The predicted molar refractivity (Wildman–Crippen MR) is 111 cm³/mol. The van der Waals surface area contributed by atoms with E-state index in [1.807, 2.05) is 12.1 Å². The van der Waals surface area contributed by atoms with Crippen LogP contribution in [0.3, 0.4) is 0 Å². The number of rotatable bonds is 6. The molecule has 1 heterocycles. The molecule has 3 aliphatic rings. The summed E-state index contributed by atoms with van der Waals surface area (Å²) in [4.78, 5) is 0. The molecule has 2 nitrogen and oxygen atoms in total. The van der Waals surface area contributed by atoms with Crippen LogP contribution in [0.25, 0.3) is 6.08 Å². The van der Waals surface area contributed by atoms with E-state index in [0.717, 1.165) is 43.0 Å². The maximum absolute atomic E-state index is 13.0. The zero-order chi connectivity index (χ0) is 19.2. The van der Waals surface area contributed by atoms with Gasteiger partial charge in [0.15, 0.2) is 6.29 Å². The van der Waals surface area contributed by atoms with Crippen molar-refractivity contribution in [3.8, 4) is 0 Å². The number of allylic oxidation sites excluding steroid dienone is 1. The van der Waals surface area contributed by atoms with Gasteiger partial charge < -0.3 is 9.47 Å². The summed E-state index contributed by atoms with van der Waals surface area (Å²) >= 11 is 0. The highest BCUT2D eigenvalue weighted by Crippen LogP contribution is 2.42. The molecule has 28 heavy (non-hydrogen) atoms. The second kappa shape index (κ2) is 10.0. The normalized spacial score (nSPS) is 32.2. The molecule has 0 N–H and O–H groups in total. The Morgan fingerprint density at radius 2 is 1.39 bits per heavy atom. The molecule has 0 unspecified atom stereocenters. The Morgan fingerprint density at radius 1 is 0.786 bits per heavy atom. The van der Waals surface area contributed by atoms with Gasteiger partial charge in [-0.05, 0) is 92.7 Å². The van der Waals surface area contributed by atoms with Gasteiger partial charge in [-0.1, -0.05) is 37.1 Å². The van der Waals surface area contributed by atoms with Crippen LogP contribution >= 0.6 is 0 Å². The van der Waals surface area contributed by atoms with Crippen molar-refractivity contribution >= 4 is 6.08 Å². The van der Waals surface area contributed by atoms with E-state index in [9.17, 15) is 4.39 Å². The van der Waals surface area contributed by atoms with Crippen LogP contribution in [0.15, 0.2) is 30.3 Å². The highest BCUT2D eigenvalue weighted by Gasteiger charge is 2.30. The topological polar surface area (TPSA) is 18.5 Å². The number of hydrogen-bond acceptors (Lipinski definition) is 2. The van der Waals surface area contributed by atoms with Gasteiger partial charge >= 0.3 is 0 Å². The van der Waals surface area contributed by atoms with E-state index in [-0.39, 0.29) is 12.1 Å². The standard InChI is InChI=1S/C25H35FO2/c26-24-14-7-20(8-15-24)2-1-19-3-10-22(11-4-19)23-12-5-21(6-13-23)9-16-25-27-17-18-28-25/h1-2,7-8,14-15,19,21-23,25H,3-6,9-13,16-18H2/t19?,21-,22?,23-. The first-order chi connectivity index (χ1) is 13.8. The molecule has 3 fully saturated rings. The van der Waals surface area contributed by atoms with Crippen molar-refractivity contribution in [2.24, 2.45) is 23.7 Å². The van der Waals surface area contributed by atoms with E-state index in [2.05, 4.69) is 12.2 Å². The van der Waals surface area contributed by atoms with Crippen molar-refractivity contribution in [2.75, 3.05) is 13.2 Å². The van der Waals surface area contributed by atoms with Crippen LogP contribution in [0.1, 0.15) is 69.8 Å². The quantitative estimate of drug-likeness (QED) is 0.548. The molecular formula is C25H35FO2. The van der Waals surface area contributed by atoms with Crippen LogP contribution in [0.5, 0.6) is 0 Å². The fourth-order valence-corrected chi connectivity index (χ4v) is 5.52. The molecule has 1 saturated heterocycles. The zero-order valence-electron chi connectivity index (χ0n) is 17.0. The van der Waals surface area contributed by atoms with Gasteiger partial charge in [-0.2, -0.15) is 0 Å². The van der Waals surface area contributed by atoms with E-state index in [1.54, 1.807) is 12.1 Å². The molecule has 0 bridgehead atoms. The van der Waals surface area contributed by atoms with E-state index in [4.69, 9.17) is 9.47 Å². The molecule has 3 heteroatoms. The SMILES string of the molecule is Fc1ccc(C=CC2CCC([C@H]3CC[C@H](CCC4OCCO4)CC3)CC2)cc1. The van der Waals surface area contributed by atoms with Crippen molar-refractivity contribution in [1.82, 2.24) is 0 Å². The summed E-state index contributed by atoms with van der Waals surface area (Å²) in [6.45, 7) is 1.55. The summed E-state index contributed by atoms with van der Waals surface area (Å²) < 4.78 is 24.2. The Balaban J connectivity index is 1.15. The predicted octanol–water partition coefficient (Wildman–Crippen LogP) is 6.60. The summed E-state index contributed by atoms with van der Waals surface area (Å²) in [5.41, 5.74) is 1.11. The van der Waals surface area contributed by atoms with Gasteiger partial charge in [0.2, 0.25) is 0 Å².